The highest BCUT2D eigenvalue weighted by Crippen LogP contribution is 2.17. The van der Waals surface area contributed by atoms with Crippen molar-refractivity contribution in [2.24, 2.45) is 0 Å². The molecule has 0 saturated carbocycles. The monoisotopic (exact) mass is 192 g/mol. The maximum Gasteiger partial charge on any atom is 0.0640 e. The number of aliphatic hydroxyl groups is 1. The van der Waals surface area contributed by atoms with Crippen LogP contribution in [-0.4, -0.2) is 23.9 Å². The van der Waals surface area contributed by atoms with Gasteiger partial charge in [0, 0.05) is 6.61 Å². The number of hydrogen-bond donors (Lipinski definition) is 1. The van der Waals surface area contributed by atoms with Gasteiger partial charge in [0.2, 0.25) is 0 Å². The summed E-state index contributed by atoms with van der Waals surface area (Å²) in [4.78, 5) is 0. The molecule has 1 fully saturated rings. The second kappa shape index (κ2) is 4.58. The lowest BCUT2D eigenvalue weighted by Crippen LogP contribution is -2.30. The molecule has 0 radical (unpaired) electrons. The van der Waals surface area contributed by atoms with Crippen LogP contribution in [0.4, 0.5) is 0 Å². The minimum absolute atomic E-state index is 0.169. The molecule has 14 heavy (non-hydrogen) atoms. The van der Waals surface area contributed by atoms with Crippen molar-refractivity contribution in [1.82, 2.24) is 0 Å². The zero-order valence-electron chi connectivity index (χ0n) is 8.23. The topological polar surface area (TPSA) is 29.5 Å². The Hall–Kier alpha value is -0.860. The highest BCUT2D eigenvalue weighted by atomic mass is 16.5. The first-order valence-electron chi connectivity index (χ1n) is 5.18. The molecular weight excluding hydrogens is 176 g/mol. The van der Waals surface area contributed by atoms with Gasteiger partial charge in [0.25, 0.3) is 0 Å². The summed E-state index contributed by atoms with van der Waals surface area (Å²) in [6.45, 7) is 0.693. The van der Waals surface area contributed by atoms with Crippen LogP contribution in [0, 0.1) is 0 Å². The third-order valence-corrected chi connectivity index (χ3v) is 2.65. The Labute approximate surface area is 84.5 Å². The molecule has 0 unspecified atom stereocenters. The first-order valence-corrected chi connectivity index (χ1v) is 5.18. The van der Waals surface area contributed by atoms with Crippen LogP contribution in [-0.2, 0) is 11.2 Å². The van der Waals surface area contributed by atoms with Crippen LogP contribution in [0.1, 0.15) is 18.4 Å². The molecule has 0 amide bonds. The molecule has 1 aliphatic rings. The molecule has 0 bridgehead atoms. The quantitative estimate of drug-likeness (QED) is 0.773. The first kappa shape index (κ1) is 9.69. The maximum atomic E-state index is 9.48. The SMILES string of the molecule is O[C@H]1CCO[C@@H](Cc2ccccc2)C1. The third kappa shape index (κ3) is 2.56. The van der Waals surface area contributed by atoms with E-state index in [1.807, 2.05) is 18.2 Å². The van der Waals surface area contributed by atoms with Crippen LogP contribution in [0.2, 0.25) is 0 Å². The number of ether oxygens (including phenoxy) is 1. The van der Waals surface area contributed by atoms with E-state index in [1.165, 1.54) is 5.56 Å². The van der Waals surface area contributed by atoms with Crippen LogP contribution in [0.25, 0.3) is 0 Å². The lowest BCUT2D eigenvalue weighted by atomic mass is 10.00. The molecule has 0 spiro atoms. The molecule has 2 atom stereocenters. The summed E-state index contributed by atoms with van der Waals surface area (Å²) >= 11 is 0. The average Bonchev–Trinajstić information content (AvgIpc) is 2.19. The summed E-state index contributed by atoms with van der Waals surface area (Å²) in [7, 11) is 0. The predicted octanol–water partition coefficient (Wildman–Crippen LogP) is 1.77. The van der Waals surface area contributed by atoms with Crippen LogP contribution in [0.5, 0.6) is 0 Å². The molecule has 1 aromatic carbocycles. The summed E-state index contributed by atoms with van der Waals surface area (Å²) in [5.41, 5.74) is 1.28. The largest absolute Gasteiger partial charge is 0.393 e. The minimum atomic E-state index is -0.169. The van der Waals surface area contributed by atoms with E-state index in [1.54, 1.807) is 0 Å². The zero-order chi connectivity index (χ0) is 9.80. The molecule has 1 heterocycles. The van der Waals surface area contributed by atoms with Crippen molar-refractivity contribution in [1.29, 1.82) is 0 Å². The van der Waals surface area contributed by atoms with Crippen molar-refractivity contribution in [3.8, 4) is 0 Å². The highest BCUT2D eigenvalue weighted by Gasteiger charge is 2.20. The van der Waals surface area contributed by atoms with Crippen LogP contribution in [0.3, 0.4) is 0 Å². The van der Waals surface area contributed by atoms with E-state index in [0.29, 0.717) is 6.61 Å². The number of rotatable bonds is 2. The second-order valence-electron chi connectivity index (χ2n) is 3.86. The van der Waals surface area contributed by atoms with Crippen molar-refractivity contribution < 1.29 is 9.84 Å². The molecule has 0 aromatic heterocycles. The number of hydrogen-bond acceptors (Lipinski definition) is 2. The Morgan fingerprint density at radius 3 is 2.79 bits per heavy atom. The predicted molar refractivity (Wildman–Crippen MR) is 55.1 cm³/mol. The molecule has 2 heteroatoms. The standard InChI is InChI=1S/C12H16O2/c13-11-6-7-14-12(9-11)8-10-4-2-1-3-5-10/h1-5,11-13H,6-9H2/t11-,12-/m0/s1. The van der Waals surface area contributed by atoms with Gasteiger partial charge in [0.05, 0.1) is 12.2 Å². The summed E-state index contributed by atoms with van der Waals surface area (Å²) in [5, 5.41) is 9.48. The second-order valence-corrected chi connectivity index (χ2v) is 3.86. The van der Waals surface area contributed by atoms with Gasteiger partial charge in [-0.05, 0) is 24.8 Å². The van der Waals surface area contributed by atoms with E-state index in [2.05, 4.69) is 12.1 Å². The van der Waals surface area contributed by atoms with Crippen LogP contribution < -0.4 is 0 Å². The van der Waals surface area contributed by atoms with E-state index < -0.39 is 0 Å². The highest BCUT2D eigenvalue weighted by molar-refractivity contribution is 5.15. The molecule has 1 N–H and O–H groups in total. The van der Waals surface area contributed by atoms with E-state index in [-0.39, 0.29) is 12.2 Å². The van der Waals surface area contributed by atoms with Gasteiger partial charge in [-0.3, -0.25) is 0 Å². The molecular formula is C12H16O2. The van der Waals surface area contributed by atoms with Crippen LogP contribution in [0.15, 0.2) is 30.3 Å². The van der Waals surface area contributed by atoms with Gasteiger partial charge in [-0.15, -0.1) is 0 Å². The molecule has 76 valence electrons. The smallest absolute Gasteiger partial charge is 0.0640 e. The van der Waals surface area contributed by atoms with Crippen molar-refractivity contribution in [2.45, 2.75) is 31.5 Å². The molecule has 2 nitrogen and oxygen atoms in total. The Kier molecular flexibility index (Phi) is 3.17. The van der Waals surface area contributed by atoms with Crippen molar-refractivity contribution in [3.05, 3.63) is 35.9 Å². The molecule has 1 saturated heterocycles. The van der Waals surface area contributed by atoms with Gasteiger partial charge in [0.15, 0.2) is 0 Å². The number of benzene rings is 1. The van der Waals surface area contributed by atoms with E-state index in [4.69, 9.17) is 4.74 Å². The van der Waals surface area contributed by atoms with Crippen molar-refractivity contribution in [2.75, 3.05) is 6.61 Å². The molecule has 2 rings (SSSR count). The molecule has 0 aliphatic carbocycles. The van der Waals surface area contributed by atoms with Gasteiger partial charge in [-0.2, -0.15) is 0 Å². The number of aliphatic hydroxyl groups excluding tert-OH is 1. The van der Waals surface area contributed by atoms with Crippen LogP contribution >= 0.6 is 0 Å². The van der Waals surface area contributed by atoms with E-state index in [0.717, 1.165) is 19.3 Å². The maximum absolute atomic E-state index is 9.48. The summed E-state index contributed by atoms with van der Waals surface area (Å²) in [5.74, 6) is 0. The van der Waals surface area contributed by atoms with Crippen molar-refractivity contribution in [3.63, 3.8) is 0 Å². The van der Waals surface area contributed by atoms with Gasteiger partial charge in [-0.25, -0.2) is 0 Å². The fourth-order valence-electron chi connectivity index (χ4n) is 1.88. The Bertz CT molecular complexity index is 271. The van der Waals surface area contributed by atoms with Gasteiger partial charge in [-0.1, -0.05) is 30.3 Å². The van der Waals surface area contributed by atoms with Crippen molar-refractivity contribution >= 4 is 0 Å². The summed E-state index contributed by atoms with van der Waals surface area (Å²) in [6.07, 6.45) is 2.50. The fourth-order valence-corrected chi connectivity index (χ4v) is 1.88. The fraction of sp³-hybridized carbons (Fsp3) is 0.500. The van der Waals surface area contributed by atoms with Gasteiger partial charge in [0.1, 0.15) is 0 Å². The van der Waals surface area contributed by atoms with Gasteiger partial charge < -0.3 is 9.84 Å². The van der Waals surface area contributed by atoms with E-state index >= 15 is 0 Å². The molecule has 1 aromatic rings. The zero-order valence-corrected chi connectivity index (χ0v) is 8.23. The lowest BCUT2D eigenvalue weighted by Gasteiger charge is -2.26. The van der Waals surface area contributed by atoms with E-state index in [9.17, 15) is 5.11 Å². The normalized spacial score (nSPS) is 27.5. The molecule has 1 aliphatic heterocycles. The summed E-state index contributed by atoms with van der Waals surface area (Å²) in [6, 6.07) is 10.3. The summed E-state index contributed by atoms with van der Waals surface area (Å²) < 4.78 is 5.59. The van der Waals surface area contributed by atoms with Gasteiger partial charge >= 0.3 is 0 Å². The Morgan fingerprint density at radius 2 is 2.07 bits per heavy atom. The lowest BCUT2D eigenvalue weighted by molar-refractivity contribution is -0.0423. The first-order chi connectivity index (χ1) is 6.84. The third-order valence-electron chi connectivity index (χ3n) is 2.65. The Balaban J connectivity index is 1.91. The minimum Gasteiger partial charge on any atom is -0.393 e. The average molecular weight is 192 g/mol. The Morgan fingerprint density at radius 1 is 1.29 bits per heavy atom.